The molecule has 0 aliphatic carbocycles. The van der Waals surface area contributed by atoms with Crippen molar-refractivity contribution in [1.82, 2.24) is 10.3 Å². The van der Waals surface area contributed by atoms with Crippen LogP contribution in [0.25, 0.3) is 0 Å². The van der Waals surface area contributed by atoms with Gasteiger partial charge in [0.15, 0.2) is 0 Å². The third-order valence-corrected chi connectivity index (χ3v) is 4.62. The van der Waals surface area contributed by atoms with Crippen LogP contribution >= 0.6 is 11.3 Å². The largest absolute Gasteiger partial charge is 0.365 e. The Bertz CT molecular complexity index is 550. The molecule has 0 bridgehead atoms. The van der Waals surface area contributed by atoms with E-state index < -0.39 is 0 Å². The van der Waals surface area contributed by atoms with Crippen molar-refractivity contribution >= 4 is 17.0 Å². The Kier molecular flexibility index (Phi) is 3.80. The Labute approximate surface area is 118 Å². The maximum absolute atomic E-state index is 4.31. The highest BCUT2D eigenvalue weighted by atomic mass is 32.1. The van der Waals surface area contributed by atoms with Crippen molar-refractivity contribution in [2.24, 2.45) is 0 Å². The zero-order chi connectivity index (χ0) is 13.1. The lowest BCUT2D eigenvalue weighted by atomic mass is 10.1. The number of hydrogen-bond donors (Lipinski definition) is 1. The molecule has 1 aliphatic heterocycles. The fourth-order valence-corrected chi connectivity index (χ4v) is 3.45. The first-order valence-electron chi connectivity index (χ1n) is 6.82. The van der Waals surface area contributed by atoms with Crippen molar-refractivity contribution in [3.8, 4) is 0 Å². The molecule has 0 fully saturated rings. The van der Waals surface area contributed by atoms with Crippen LogP contribution in [0, 0.1) is 0 Å². The van der Waals surface area contributed by atoms with Gasteiger partial charge in [-0.2, -0.15) is 0 Å². The standard InChI is InChI=1S/C15H19N3S/c1-2-16-9-12-3-6-17-10-14(12)18-7-4-15-13(11-18)5-8-19-15/h3,5-6,8,10,16H,2,4,7,9,11H2,1H3. The normalized spacial score (nSPS) is 14.5. The van der Waals surface area contributed by atoms with Crippen molar-refractivity contribution in [1.29, 1.82) is 0 Å². The molecule has 0 amide bonds. The fraction of sp³-hybridized carbons (Fsp3) is 0.400. The molecule has 3 heterocycles. The summed E-state index contributed by atoms with van der Waals surface area (Å²) in [5.41, 5.74) is 4.10. The number of pyridine rings is 1. The lowest BCUT2D eigenvalue weighted by Gasteiger charge is -2.30. The number of anilines is 1. The van der Waals surface area contributed by atoms with Gasteiger partial charge in [-0.3, -0.25) is 4.98 Å². The van der Waals surface area contributed by atoms with E-state index in [9.17, 15) is 0 Å². The molecule has 1 aliphatic rings. The van der Waals surface area contributed by atoms with E-state index in [2.05, 4.69) is 39.6 Å². The van der Waals surface area contributed by atoms with Crippen LogP contribution in [0.5, 0.6) is 0 Å². The minimum atomic E-state index is 0.918. The van der Waals surface area contributed by atoms with Crippen molar-refractivity contribution in [3.63, 3.8) is 0 Å². The summed E-state index contributed by atoms with van der Waals surface area (Å²) in [6, 6.07) is 4.38. The van der Waals surface area contributed by atoms with Crippen LogP contribution in [0.3, 0.4) is 0 Å². The van der Waals surface area contributed by atoms with Crippen molar-refractivity contribution in [2.45, 2.75) is 26.4 Å². The third-order valence-electron chi connectivity index (χ3n) is 3.60. The molecule has 0 spiro atoms. The molecule has 4 heteroatoms. The first kappa shape index (κ1) is 12.6. The summed E-state index contributed by atoms with van der Waals surface area (Å²) in [5, 5.41) is 5.61. The molecule has 0 saturated carbocycles. The minimum Gasteiger partial charge on any atom is -0.365 e. The van der Waals surface area contributed by atoms with E-state index in [0.29, 0.717) is 0 Å². The molecule has 3 rings (SSSR count). The Morgan fingerprint density at radius 2 is 2.37 bits per heavy atom. The highest BCUT2D eigenvalue weighted by Crippen LogP contribution is 2.29. The summed E-state index contributed by atoms with van der Waals surface area (Å²) in [6.45, 7) is 6.17. The van der Waals surface area contributed by atoms with Crippen LogP contribution < -0.4 is 10.2 Å². The molecule has 2 aromatic rings. The van der Waals surface area contributed by atoms with Gasteiger partial charge in [0.2, 0.25) is 0 Å². The van der Waals surface area contributed by atoms with Crippen LogP contribution in [0.2, 0.25) is 0 Å². The van der Waals surface area contributed by atoms with Gasteiger partial charge >= 0.3 is 0 Å². The van der Waals surface area contributed by atoms with E-state index in [4.69, 9.17) is 0 Å². The smallest absolute Gasteiger partial charge is 0.0601 e. The topological polar surface area (TPSA) is 28.2 Å². The van der Waals surface area contributed by atoms with Crippen LogP contribution in [-0.4, -0.2) is 18.1 Å². The van der Waals surface area contributed by atoms with E-state index in [1.165, 1.54) is 16.8 Å². The summed E-state index contributed by atoms with van der Waals surface area (Å²) in [6.07, 6.45) is 5.04. The number of aromatic nitrogens is 1. The molecule has 0 saturated heterocycles. The summed E-state index contributed by atoms with van der Waals surface area (Å²) >= 11 is 1.89. The summed E-state index contributed by atoms with van der Waals surface area (Å²) < 4.78 is 0. The first-order chi connectivity index (χ1) is 9.38. The maximum Gasteiger partial charge on any atom is 0.0601 e. The minimum absolute atomic E-state index is 0.918. The lowest BCUT2D eigenvalue weighted by Crippen LogP contribution is -2.30. The summed E-state index contributed by atoms with van der Waals surface area (Å²) in [4.78, 5) is 8.31. The summed E-state index contributed by atoms with van der Waals surface area (Å²) in [5.74, 6) is 0. The average Bonchev–Trinajstić information content (AvgIpc) is 2.92. The monoisotopic (exact) mass is 273 g/mol. The SMILES string of the molecule is CCNCc1ccncc1N1CCc2sccc2C1. The summed E-state index contributed by atoms with van der Waals surface area (Å²) in [7, 11) is 0. The van der Waals surface area contributed by atoms with Gasteiger partial charge < -0.3 is 10.2 Å². The van der Waals surface area contributed by atoms with Gasteiger partial charge in [-0.15, -0.1) is 11.3 Å². The predicted octanol–water partition coefficient (Wildman–Crippen LogP) is 2.82. The molecular formula is C15H19N3S. The molecule has 0 aromatic carbocycles. The first-order valence-corrected chi connectivity index (χ1v) is 7.70. The van der Waals surface area contributed by atoms with E-state index >= 15 is 0 Å². The van der Waals surface area contributed by atoms with Gasteiger partial charge in [-0.1, -0.05) is 6.92 Å². The zero-order valence-corrected chi connectivity index (χ0v) is 12.0. The highest BCUT2D eigenvalue weighted by Gasteiger charge is 2.19. The molecule has 0 unspecified atom stereocenters. The molecule has 1 N–H and O–H groups in total. The molecule has 0 radical (unpaired) electrons. The van der Waals surface area contributed by atoms with Crippen molar-refractivity contribution in [3.05, 3.63) is 45.9 Å². The molecule has 0 atom stereocenters. The van der Waals surface area contributed by atoms with E-state index in [1.54, 1.807) is 4.88 Å². The average molecular weight is 273 g/mol. The van der Waals surface area contributed by atoms with Crippen LogP contribution in [0.15, 0.2) is 29.9 Å². The maximum atomic E-state index is 4.31. The second-order valence-electron chi connectivity index (χ2n) is 4.83. The van der Waals surface area contributed by atoms with Crippen LogP contribution in [-0.2, 0) is 19.5 Å². The van der Waals surface area contributed by atoms with Gasteiger partial charge in [0, 0.05) is 30.7 Å². The number of nitrogens with zero attached hydrogens (tertiary/aromatic N) is 2. The quantitative estimate of drug-likeness (QED) is 0.928. The number of nitrogens with one attached hydrogen (secondary N) is 1. The van der Waals surface area contributed by atoms with Crippen molar-refractivity contribution in [2.75, 3.05) is 18.0 Å². The lowest BCUT2D eigenvalue weighted by molar-refractivity contribution is 0.703. The number of thiophene rings is 1. The van der Waals surface area contributed by atoms with Crippen LogP contribution in [0.4, 0.5) is 5.69 Å². The zero-order valence-electron chi connectivity index (χ0n) is 11.2. The third kappa shape index (κ3) is 2.65. The van der Waals surface area contributed by atoms with Gasteiger partial charge in [0.25, 0.3) is 0 Å². The fourth-order valence-electron chi connectivity index (χ4n) is 2.56. The molecule has 3 nitrogen and oxygen atoms in total. The number of fused-ring (bicyclic) bond motifs is 1. The number of hydrogen-bond acceptors (Lipinski definition) is 4. The van der Waals surface area contributed by atoms with Gasteiger partial charge in [0.05, 0.1) is 11.9 Å². The van der Waals surface area contributed by atoms with Gasteiger partial charge in [-0.05, 0) is 41.6 Å². The van der Waals surface area contributed by atoms with E-state index in [-0.39, 0.29) is 0 Å². The molecule has 19 heavy (non-hydrogen) atoms. The molecule has 100 valence electrons. The number of rotatable bonds is 4. The second kappa shape index (κ2) is 5.72. The van der Waals surface area contributed by atoms with Crippen LogP contribution in [0.1, 0.15) is 22.9 Å². The highest BCUT2D eigenvalue weighted by molar-refractivity contribution is 7.10. The van der Waals surface area contributed by atoms with E-state index in [0.717, 1.165) is 32.6 Å². The predicted molar refractivity (Wildman–Crippen MR) is 80.7 cm³/mol. The Morgan fingerprint density at radius 3 is 3.26 bits per heavy atom. The Hall–Kier alpha value is -1.39. The van der Waals surface area contributed by atoms with Gasteiger partial charge in [0.1, 0.15) is 0 Å². The van der Waals surface area contributed by atoms with Gasteiger partial charge in [-0.25, -0.2) is 0 Å². The Morgan fingerprint density at radius 1 is 1.42 bits per heavy atom. The van der Waals surface area contributed by atoms with Crippen molar-refractivity contribution < 1.29 is 0 Å². The van der Waals surface area contributed by atoms with E-state index in [1.807, 2.05) is 23.7 Å². The molecule has 2 aromatic heterocycles. The Balaban J connectivity index is 1.83. The molecular weight excluding hydrogens is 254 g/mol. The second-order valence-corrected chi connectivity index (χ2v) is 5.83.